The zero-order chi connectivity index (χ0) is 10.7. The molecule has 0 saturated heterocycles. The number of hydrogen-bond acceptors (Lipinski definition) is 2. The summed E-state index contributed by atoms with van der Waals surface area (Å²) in [4.78, 5) is 0. The first kappa shape index (κ1) is 10.5. The maximum atomic E-state index is 5.57. The second-order valence-electron chi connectivity index (χ2n) is 4.35. The Hall–Kier alpha value is -1.02. The van der Waals surface area contributed by atoms with Gasteiger partial charge >= 0.3 is 0 Å². The average Bonchev–Trinajstić information content (AvgIpc) is 3.01. The summed E-state index contributed by atoms with van der Waals surface area (Å²) in [7, 11) is 0. The second kappa shape index (κ2) is 4.67. The number of rotatable bonds is 5. The predicted molar refractivity (Wildman–Crippen MR) is 60.1 cm³/mol. The monoisotopic (exact) mass is 206 g/mol. The van der Waals surface area contributed by atoms with Gasteiger partial charge in [0.05, 0.1) is 6.61 Å². The van der Waals surface area contributed by atoms with Gasteiger partial charge < -0.3 is 9.47 Å². The Balaban J connectivity index is 1.78. The Labute approximate surface area is 91.2 Å². The number of hydrogen-bond donors (Lipinski definition) is 0. The first-order chi connectivity index (χ1) is 7.25. The summed E-state index contributed by atoms with van der Waals surface area (Å²) in [5.41, 5.74) is 2.38. The largest absolute Gasteiger partial charge is 0.467 e. The summed E-state index contributed by atoms with van der Waals surface area (Å²) in [5, 5.41) is 0. The standard InChI is InChI=1S/C13H18O2/c1-10-3-4-11(2)13(7-10)15-9-14-8-12-5-6-12/h3-4,7,12H,5-6,8-9H2,1-2H3. The highest BCUT2D eigenvalue weighted by atomic mass is 16.7. The van der Waals surface area contributed by atoms with Gasteiger partial charge in [-0.15, -0.1) is 0 Å². The van der Waals surface area contributed by atoms with Crippen LogP contribution in [0.1, 0.15) is 24.0 Å². The van der Waals surface area contributed by atoms with Crippen molar-refractivity contribution in [2.24, 2.45) is 5.92 Å². The molecule has 0 aromatic heterocycles. The third-order valence-electron chi connectivity index (χ3n) is 2.69. The van der Waals surface area contributed by atoms with Crippen LogP contribution in [0.3, 0.4) is 0 Å². The molecule has 0 spiro atoms. The van der Waals surface area contributed by atoms with Crippen LogP contribution < -0.4 is 4.74 Å². The zero-order valence-corrected chi connectivity index (χ0v) is 9.45. The Morgan fingerprint density at radius 2 is 2.07 bits per heavy atom. The van der Waals surface area contributed by atoms with Gasteiger partial charge in [0.25, 0.3) is 0 Å². The normalized spacial score (nSPS) is 15.3. The zero-order valence-electron chi connectivity index (χ0n) is 9.45. The lowest BCUT2D eigenvalue weighted by Crippen LogP contribution is -2.06. The van der Waals surface area contributed by atoms with E-state index in [1.165, 1.54) is 18.4 Å². The minimum absolute atomic E-state index is 0.376. The molecule has 82 valence electrons. The summed E-state index contributed by atoms with van der Waals surface area (Å²) < 4.78 is 11.0. The van der Waals surface area contributed by atoms with Crippen molar-refractivity contribution >= 4 is 0 Å². The van der Waals surface area contributed by atoms with Gasteiger partial charge in [-0.1, -0.05) is 12.1 Å². The van der Waals surface area contributed by atoms with Crippen molar-refractivity contribution in [2.75, 3.05) is 13.4 Å². The van der Waals surface area contributed by atoms with Crippen molar-refractivity contribution in [1.29, 1.82) is 0 Å². The molecule has 1 fully saturated rings. The molecule has 0 amide bonds. The Bertz CT molecular complexity index is 329. The molecule has 1 saturated carbocycles. The van der Waals surface area contributed by atoms with Crippen LogP contribution in [0.15, 0.2) is 18.2 Å². The molecule has 1 aromatic rings. The third-order valence-corrected chi connectivity index (χ3v) is 2.69. The third kappa shape index (κ3) is 3.24. The highest BCUT2D eigenvalue weighted by molar-refractivity contribution is 5.35. The molecule has 1 aliphatic carbocycles. The van der Waals surface area contributed by atoms with Crippen LogP contribution in [0.4, 0.5) is 0 Å². The van der Waals surface area contributed by atoms with Crippen molar-refractivity contribution in [3.63, 3.8) is 0 Å². The summed E-state index contributed by atoms with van der Waals surface area (Å²) in [6.45, 7) is 5.35. The van der Waals surface area contributed by atoms with Crippen molar-refractivity contribution in [2.45, 2.75) is 26.7 Å². The van der Waals surface area contributed by atoms with Crippen LogP contribution >= 0.6 is 0 Å². The second-order valence-corrected chi connectivity index (χ2v) is 4.35. The average molecular weight is 206 g/mol. The summed E-state index contributed by atoms with van der Waals surface area (Å²) in [5.74, 6) is 1.73. The molecule has 0 atom stereocenters. The van der Waals surface area contributed by atoms with Crippen molar-refractivity contribution in [1.82, 2.24) is 0 Å². The van der Waals surface area contributed by atoms with E-state index >= 15 is 0 Å². The minimum Gasteiger partial charge on any atom is -0.467 e. The van der Waals surface area contributed by atoms with Crippen LogP contribution in [0.5, 0.6) is 5.75 Å². The lowest BCUT2D eigenvalue weighted by Gasteiger charge is -2.09. The number of ether oxygens (including phenoxy) is 2. The van der Waals surface area contributed by atoms with Gasteiger partial charge in [0.15, 0.2) is 6.79 Å². The van der Waals surface area contributed by atoms with Crippen LogP contribution in [-0.2, 0) is 4.74 Å². The van der Waals surface area contributed by atoms with E-state index in [1.54, 1.807) is 0 Å². The molecule has 0 heterocycles. The van der Waals surface area contributed by atoms with Crippen LogP contribution in [0, 0.1) is 19.8 Å². The smallest absolute Gasteiger partial charge is 0.189 e. The van der Waals surface area contributed by atoms with E-state index in [0.29, 0.717) is 6.79 Å². The number of aryl methyl sites for hydroxylation is 2. The molecule has 2 heteroatoms. The molecule has 0 aliphatic heterocycles. The fraction of sp³-hybridized carbons (Fsp3) is 0.538. The van der Waals surface area contributed by atoms with Gasteiger partial charge in [-0.3, -0.25) is 0 Å². The van der Waals surface area contributed by atoms with Gasteiger partial charge in [-0.05, 0) is 49.8 Å². The van der Waals surface area contributed by atoms with Gasteiger partial charge in [-0.2, -0.15) is 0 Å². The Kier molecular flexibility index (Phi) is 3.27. The van der Waals surface area contributed by atoms with Crippen molar-refractivity contribution < 1.29 is 9.47 Å². The first-order valence-corrected chi connectivity index (χ1v) is 5.53. The van der Waals surface area contributed by atoms with E-state index in [0.717, 1.165) is 23.8 Å². The van der Waals surface area contributed by atoms with Crippen LogP contribution in [0.2, 0.25) is 0 Å². The quantitative estimate of drug-likeness (QED) is 0.544. The lowest BCUT2D eigenvalue weighted by atomic mass is 10.1. The maximum Gasteiger partial charge on any atom is 0.189 e. The lowest BCUT2D eigenvalue weighted by molar-refractivity contribution is 0.00959. The summed E-state index contributed by atoms with van der Waals surface area (Å²) in [6.07, 6.45) is 2.65. The Morgan fingerprint density at radius 1 is 1.27 bits per heavy atom. The molecule has 0 N–H and O–H groups in total. The molecule has 15 heavy (non-hydrogen) atoms. The molecular formula is C13H18O2. The summed E-state index contributed by atoms with van der Waals surface area (Å²) in [6, 6.07) is 6.22. The van der Waals surface area contributed by atoms with E-state index < -0.39 is 0 Å². The van der Waals surface area contributed by atoms with Crippen LogP contribution in [-0.4, -0.2) is 13.4 Å². The maximum absolute atomic E-state index is 5.57. The molecule has 0 unspecified atom stereocenters. The van der Waals surface area contributed by atoms with Crippen LogP contribution in [0.25, 0.3) is 0 Å². The fourth-order valence-corrected chi connectivity index (χ4v) is 1.47. The molecule has 0 bridgehead atoms. The molecule has 2 nitrogen and oxygen atoms in total. The topological polar surface area (TPSA) is 18.5 Å². The van der Waals surface area contributed by atoms with Crippen molar-refractivity contribution in [3.05, 3.63) is 29.3 Å². The number of benzene rings is 1. The molecule has 1 aromatic carbocycles. The van der Waals surface area contributed by atoms with Crippen molar-refractivity contribution in [3.8, 4) is 5.75 Å². The van der Waals surface area contributed by atoms with E-state index in [1.807, 2.05) is 0 Å². The summed E-state index contributed by atoms with van der Waals surface area (Å²) >= 11 is 0. The van der Waals surface area contributed by atoms with E-state index in [9.17, 15) is 0 Å². The molecule has 0 radical (unpaired) electrons. The predicted octanol–water partition coefficient (Wildman–Crippen LogP) is 3.07. The Morgan fingerprint density at radius 3 is 2.80 bits per heavy atom. The first-order valence-electron chi connectivity index (χ1n) is 5.53. The molecular weight excluding hydrogens is 188 g/mol. The van der Waals surface area contributed by atoms with Gasteiger partial charge in [0, 0.05) is 0 Å². The van der Waals surface area contributed by atoms with E-state index in [2.05, 4.69) is 32.0 Å². The van der Waals surface area contributed by atoms with Gasteiger partial charge in [-0.25, -0.2) is 0 Å². The molecule has 2 rings (SSSR count). The van der Waals surface area contributed by atoms with Gasteiger partial charge in [0.1, 0.15) is 5.75 Å². The fourth-order valence-electron chi connectivity index (χ4n) is 1.47. The SMILES string of the molecule is Cc1ccc(C)c(OCOCC2CC2)c1. The van der Waals surface area contributed by atoms with Gasteiger partial charge in [0.2, 0.25) is 0 Å². The highest BCUT2D eigenvalue weighted by Crippen LogP contribution is 2.28. The highest BCUT2D eigenvalue weighted by Gasteiger charge is 2.21. The molecule has 1 aliphatic rings. The van der Waals surface area contributed by atoms with E-state index in [4.69, 9.17) is 9.47 Å². The van der Waals surface area contributed by atoms with E-state index in [-0.39, 0.29) is 0 Å². The minimum atomic E-state index is 0.376.